The smallest absolute Gasteiger partial charge is 0.232 e. The summed E-state index contributed by atoms with van der Waals surface area (Å²) in [5, 5.41) is 0. The first-order valence-electron chi connectivity index (χ1n) is 6.10. The molecule has 0 radical (unpaired) electrons. The highest BCUT2D eigenvalue weighted by atomic mass is 32.2. The highest BCUT2D eigenvalue weighted by molar-refractivity contribution is 7.99. The van der Waals surface area contributed by atoms with Crippen LogP contribution in [0.4, 0.5) is 0 Å². The zero-order valence-corrected chi connectivity index (χ0v) is 11.4. The van der Waals surface area contributed by atoms with Gasteiger partial charge in [-0.15, -0.1) is 0 Å². The molecule has 1 aliphatic rings. The molecule has 0 aromatic rings. The second kappa shape index (κ2) is 6.50. The monoisotopic (exact) mass is 244 g/mol. The molecule has 0 spiro atoms. The standard InChI is InChI=1S/C12H24N2OS/c1-9-4-10(2)6-14(5-9)12(15)8-16-7-11(3)13/h9-11H,4-8,13H2,1-3H3. The molecule has 1 amide bonds. The lowest BCUT2D eigenvalue weighted by atomic mass is 9.92. The van der Waals surface area contributed by atoms with Crippen LogP contribution in [0.1, 0.15) is 27.2 Å². The van der Waals surface area contributed by atoms with Crippen LogP contribution in [0.25, 0.3) is 0 Å². The number of likely N-dealkylation sites (tertiary alicyclic amines) is 1. The number of carbonyl (C=O) groups excluding carboxylic acids is 1. The van der Waals surface area contributed by atoms with Gasteiger partial charge in [0.15, 0.2) is 0 Å². The summed E-state index contributed by atoms with van der Waals surface area (Å²) in [5.41, 5.74) is 5.66. The number of nitrogens with two attached hydrogens (primary N) is 1. The van der Waals surface area contributed by atoms with Gasteiger partial charge in [0.25, 0.3) is 0 Å². The fourth-order valence-electron chi connectivity index (χ4n) is 2.29. The van der Waals surface area contributed by atoms with E-state index in [1.54, 1.807) is 11.8 Å². The molecule has 1 rings (SSSR count). The van der Waals surface area contributed by atoms with E-state index in [2.05, 4.69) is 13.8 Å². The van der Waals surface area contributed by atoms with Gasteiger partial charge in [-0.05, 0) is 25.2 Å². The Hall–Kier alpha value is -0.220. The Morgan fingerprint density at radius 2 is 2.00 bits per heavy atom. The van der Waals surface area contributed by atoms with Gasteiger partial charge in [0, 0.05) is 24.9 Å². The molecule has 0 aliphatic carbocycles. The lowest BCUT2D eigenvalue weighted by molar-refractivity contribution is -0.130. The quantitative estimate of drug-likeness (QED) is 0.816. The Balaban J connectivity index is 2.30. The van der Waals surface area contributed by atoms with Crippen molar-refractivity contribution in [2.45, 2.75) is 33.2 Å². The van der Waals surface area contributed by atoms with Crippen LogP contribution in [-0.4, -0.2) is 41.4 Å². The van der Waals surface area contributed by atoms with Gasteiger partial charge in [-0.1, -0.05) is 13.8 Å². The molecule has 4 heteroatoms. The van der Waals surface area contributed by atoms with Gasteiger partial charge in [0.05, 0.1) is 5.75 Å². The van der Waals surface area contributed by atoms with Crippen molar-refractivity contribution in [3.63, 3.8) is 0 Å². The first-order chi connectivity index (χ1) is 7.49. The van der Waals surface area contributed by atoms with Crippen LogP contribution in [0.5, 0.6) is 0 Å². The predicted octanol–water partition coefficient (Wildman–Crippen LogP) is 1.57. The average Bonchev–Trinajstić information content (AvgIpc) is 2.15. The molecule has 1 heterocycles. The molecule has 16 heavy (non-hydrogen) atoms. The molecule has 94 valence electrons. The molecule has 0 saturated carbocycles. The van der Waals surface area contributed by atoms with E-state index in [4.69, 9.17) is 5.73 Å². The molecule has 1 fully saturated rings. The minimum atomic E-state index is 0.178. The van der Waals surface area contributed by atoms with E-state index in [0.717, 1.165) is 18.8 Å². The summed E-state index contributed by atoms with van der Waals surface area (Å²) < 4.78 is 0. The maximum atomic E-state index is 11.9. The van der Waals surface area contributed by atoms with Crippen LogP contribution in [0, 0.1) is 11.8 Å². The maximum absolute atomic E-state index is 11.9. The SMILES string of the molecule is CC(N)CSCC(=O)N1CC(C)CC(C)C1. The zero-order valence-electron chi connectivity index (χ0n) is 10.6. The summed E-state index contributed by atoms with van der Waals surface area (Å²) in [6.07, 6.45) is 1.25. The van der Waals surface area contributed by atoms with Crippen molar-refractivity contribution < 1.29 is 4.79 Å². The maximum Gasteiger partial charge on any atom is 0.232 e. The predicted molar refractivity (Wildman–Crippen MR) is 70.5 cm³/mol. The Bertz CT molecular complexity index is 223. The van der Waals surface area contributed by atoms with E-state index in [-0.39, 0.29) is 11.9 Å². The van der Waals surface area contributed by atoms with Crippen molar-refractivity contribution in [3.8, 4) is 0 Å². The van der Waals surface area contributed by atoms with Crippen molar-refractivity contribution in [3.05, 3.63) is 0 Å². The lowest BCUT2D eigenvalue weighted by Crippen LogP contribution is -2.43. The number of piperidine rings is 1. The molecular formula is C12H24N2OS. The highest BCUT2D eigenvalue weighted by Crippen LogP contribution is 2.21. The summed E-state index contributed by atoms with van der Waals surface area (Å²) in [7, 11) is 0. The van der Waals surface area contributed by atoms with Gasteiger partial charge in [-0.2, -0.15) is 11.8 Å². The summed E-state index contributed by atoms with van der Waals surface area (Å²) in [6.45, 7) is 8.29. The molecule has 3 nitrogen and oxygen atoms in total. The van der Waals surface area contributed by atoms with E-state index in [1.807, 2.05) is 11.8 Å². The number of carbonyl (C=O) groups is 1. The molecule has 0 aromatic heterocycles. The number of hydrogen-bond acceptors (Lipinski definition) is 3. The van der Waals surface area contributed by atoms with Crippen LogP contribution in [0.2, 0.25) is 0 Å². The molecule has 1 saturated heterocycles. The molecule has 0 bridgehead atoms. The van der Waals surface area contributed by atoms with Crippen LogP contribution < -0.4 is 5.73 Å². The molecule has 0 aromatic carbocycles. The molecular weight excluding hydrogens is 220 g/mol. The van der Waals surface area contributed by atoms with E-state index < -0.39 is 0 Å². The van der Waals surface area contributed by atoms with Crippen LogP contribution in [0.15, 0.2) is 0 Å². The van der Waals surface area contributed by atoms with Gasteiger partial charge in [0.2, 0.25) is 5.91 Å². The molecule has 1 aliphatic heterocycles. The largest absolute Gasteiger partial charge is 0.341 e. The van der Waals surface area contributed by atoms with E-state index >= 15 is 0 Å². The van der Waals surface area contributed by atoms with E-state index in [0.29, 0.717) is 17.6 Å². The minimum absolute atomic E-state index is 0.178. The van der Waals surface area contributed by atoms with Gasteiger partial charge >= 0.3 is 0 Å². The third-order valence-electron chi connectivity index (χ3n) is 2.83. The van der Waals surface area contributed by atoms with Crippen LogP contribution >= 0.6 is 11.8 Å². The molecule has 3 unspecified atom stereocenters. The zero-order chi connectivity index (χ0) is 12.1. The van der Waals surface area contributed by atoms with Gasteiger partial charge in [-0.25, -0.2) is 0 Å². The summed E-state index contributed by atoms with van der Waals surface area (Å²) in [4.78, 5) is 14.0. The fourth-order valence-corrected chi connectivity index (χ4v) is 3.14. The Labute approximate surface area is 103 Å². The second-order valence-electron chi connectivity index (χ2n) is 5.24. The van der Waals surface area contributed by atoms with Crippen molar-refractivity contribution in [1.29, 1.82) is 0 Å². The fraction of sp³-hybridized carbons (Fsp3) is 0.917. The van der Waals surface area contributed by atoms with Crippen LogP contribution in [0.3, 0.4) is 0 Å². The molecule has 3 atom stereocenters. The summed E-state index contributed by atoms with van der Waals surface area (Å²) in [5.74, 6) is 3.02. The first-order valence-corrected chi connectivity index (χ1v) is 7.25. The lowest BCUT2D eigenvalue weighted by Gasteiger charge is -2.35. The number of thioether (sulfide) groups is 1. The van der Waals surface area contributed by atoms with Gasteiger partial charge < -0.3 is 10.6 Å². The number of amides is 1. The summed E-state index contributed by atoms with van der Waals surface area (Å²) >= 11 is 1.65. The van der Waals surface area contributed by atoms with E-state index in [9.17, 15) is 4.79 Å². The van der Waals surface area contributed by atoms with Gasteiger partial charge in [-0.3, -0.25) is 4.79 Å². The van der Waals surface area contributed by atoms with Crippen LogP contribution in [-0.2, 0) is 4.79 Å². The highest BCUT2D eigenvalue weighted by Gasteiger charge is 2.24. The Morgan fingerprint density at radius 3 is 2.50 bits per heavy atom. The summed E-state index contributed by atoms with van der Waals surface area (Å²) in [6, 6.07) is 0.178. The average molecular weight is 244 g/mol. The number of hydrogen-bond donors (Lipinski definition) is 1. The number of nitrogens with zero attached hydrogens (tertiary/aromatic N) is 1. The Kier molecular flexibility index (Phi) is 5.62. The normalized spacial score (nSPS) is 27.9. The number of rotatable bonds is 4. The second-order valence-corrected chi connectivity index (χ2v) is 6.27. The third kappa shape index (κ3) is 4.74. The third-order valence-corrected chi connectivity index (χ3v) is 4.04. The minimum Gasteiger partial charge on any atom is -0.341 e. The van der Waals surface area contributed by atoms with E-state index in [1.165, 1.54) is 6.42 Å². The van der Waals surface area contributed by atoms with Crippen molar-refractivity contribution in [2.24, 2.45) is 17.6 Å². The van der Waals surface area contributed by atoms with Crippen molar-refractivity contribution in [2.75, 3.05) is 24.6 Å². The molecule has 2 N–H and O–H groups in total. The topological polar surface area (TPSA) is 46.3 Å². The first kappa shape index (κ1) is 13.8. The Morgan fingerprint density at radius 1 is 1.44 bits per heavy atom. The van der Waals surface area contributed by atoms with Crippen molar-refractivity contribution >= 4 is 17.7 Å². The van der Waals surface area contributed by atoms with Crippen molar-refractivity contribution in [1.82, 2.24) is 4.90 Å². The van der Waals surface area contributed by atoms with Gasteiger partial charge in [0.1, 0.15) is 0 Å².